The van der Waals surface area contributed by atoms with Gasteiger partial charge < -0.3 is 20.5 Å². The molecule has 82 valence electrons. The zero-order valence-corrected chi connectivity index (χ0v) is 8.68. The Kier molecular flexibility index (Phi) is 2.59. The molecule has 0 aromatic carbocycles. The molecule has 1 atom stereocenters. The molecule has 0 saturated carbocycles. The third kappa shape index (κ3) is 1.80. The van der Waals surface area contributed by atoms with Crippen molar-refractivity contribution in [3.63, 3.8) is 0 Å². The maximum atomic E-state index is 11.3. The van der Waals surface area contributed by atoms with Crippen LogP contribution in [0.5, 0.6) is 0 Å². The molecule has 1 unspecified atom stereocenters. The Bertz CT molecular complexity index is 361. The smallest absolute Gasteiger partial charge is 0.241 e. The number of rotatable bonds is 2. The Morgan fingerprint density at radius 2 is 2.53 bits per heavy atom. The summed E-state index contributed by atoms with van der Waals surface area (Å²) >= 11 is 0. The standard InChI is InChI=1S/C9H15N5O/c1-13-4-3-12-9(13)14-5-2-11-6-7(14)8(10)15/h3-4,7,11H,2,5-6H2,1H3,(H2,10,15). The van der Waals surface area contributed by atoms with Gasteiger partial charge in [0.1, 0.15) is 6.04 Å². The molecule has 2 heterocycles. The minimum atomic E-state index is -0.315. The van der Waals surface area contributed by atoms with E-state index >= 15 is 0 Å². The fraction of sp³-hybridized carbons (Fsp3) is 0.556. The van der Waals surface area contributed by atoms with Crippen LogP contribution in [0, 0.1) is 0 Å². The molecule has 3 N–H and O–H groups in total. The lowest BCUT2D eigenvalue weighted by atomic mass is 10.2. The van der Waals surface area contributed by atoms with Crippen molar-refractivity contribution < 1.29 is 4.79 Å². The van der Waals surface area contributed by atoms with Crippen molar-refractivity contribution >= 4 is 11.9 Å². The van der Waals surface area contributed by atoms with Gasteiger partial charge in [-0.1, -0.05) is 0 Å². The summed E-state index contributed by atoms with van der Waals surface area (Å²) in [6.45, 7) is 2.18. The molecule has 0 bridgehead atoms. The number of hydrogen-bond acceptors (Lipinski definition) is 4. The highest BCUT2D eigenvalue weighted by molar-refractivity contribution is 5.83. The van der Waals surface area contributed by atoms with E-state index in [1.807, 2.05) is 22.7 Å². The Balaban J connectivity index is 2.25. The molecule has 1 aliphatic rings. The van der Waals surface area contributed by atoms with Gasteiger partial charge in [-0.05, 0) is 0 Å². The first-order valence-corrected chi connectivity index (χ1v) is 4.94. The van der Waals surface area contributed by atoms with Crippen LogP contribution in [0.4, 0.5) is 5.95 Å². The molecule has 6 nitrogen and oxygen atoms in total. The van der Waals surface area contributed by atoms with Crippen molar-refractivity contribution in [2.45, 2.75) is 6.04 Å². The van der Waals surface area contributed by atoms with E-state index in [2.05, 4.69) is 10.3 Å². The first-order valence-electron chi connectivity index (χ1n) is 4.94. The van der Waals surface area contributed by atoms with Crippen LogP contribution < -0.4 is 16.0 Å². The summed E-state index contributed by atoms with van der Waals surface area (Å²) in [5.41, 5.74) is 5.36. The normalized spacial score (nSPS) is 21.7. The van der Waals surface area contributed by atoms with Gasteiger partial charge in [-0.3, -0.25) is 4.79 Å². The molecule has 15 heavy (non-hydrogen) atoms. The average molecular weight is 209 g/mol. The Morgan fingerprint density at radius 1 is 1.73 bits per heavy atom. The number of piperazine rings is 1. The van der Waals surface area contributed by atoms with E-state index in [-0.39, 0.29) is 11.9 Å². The summed E-state index contributed by atoms with van der Waals surface area (Å²) in [4.78, 5) is 17.4. The van der Waals surface area contributed by atoms with E-state index in [0.717, 1.165) is 19.0 Å². The maximum Gasteiger partial charge on any atom is 0.241 e. The molecule has 1 aromatic rings. The van der Waals surface area contributed by atoms with Crippen LogP contribution in [0.2, 0.25) is 0 Å². The van der Waals surface area contributed by atoms with E-state index in [9.17, 15) is 4.79 Å². The predicted octanol–water partition coefficient (Wildman–Crippen LogP) is -1.32. The van der Waals surface area contributed by atoms with Crippen LogP contribution >= 0.6 is 0 Å². The number of carbonyl (C=O) groups excluding carboxylic acids is 1. The van der Waals surface area contributed by atoms with Crippen LogP contribution in [-0.4, -0.2) is 41.1 Å². The summed E-state index contributed by atoms with van der Waals surface area (Å²) in [6.07, 6.45) is 3.57. The molecule has 1 aliphatic heterocycles. The second-order valence-corrected chi connectivity index (χ2v) is 3.65. The molecule has 1 fully saturated rings. The number of nitrogens with two attached hydrogens (primary N) is 1. The van der Waals surface area contributed by atoms with E-state index in [1.54, 1.807) is 6.20 Å². The molecular weight excluding hydrogens is 194 g/mol. The molecule has 6 heteroatoms. The monoisotopic (exact) mass is 209 g/mol. The number of nitrogens with one attached hydrogen (secondary N) is 1. The van der Waals surface area contributed by atoms with Gasteiger partial charge in [0.25, 0.3) is 0 Å². The van der Waals surface area contributed by atoms with Crippen molar-refractivity contribution in [2.24, 2.45) is 12.8 Å². The lowest BCUT2D eigenvalue weighted by Gasteiger charge is -2.34. The molecule has 0 spiro atoms. The van der Waals surface area contributed by atoms with Gasteiger partial charge in [0.15, 0.2) is 0 Å². The summed E-state index contributed by atoms with van der Waals surface area (Å²) in [7, 11) is 1.91. The topological polar surface area (TPSA) is 76.2 Å². The number of primary amides is 1. The van der Waals surface area contributed by atoms with Crippen LogP contribution in [0.25, 0.3) is 0 Å². The average Bonchev–Trinajstić information content (AvgIpc) is 2.64. The van der Waals surface area contributed by atoms with Crippen molar-refractivity contribution in [1.29, 1.82) is 0 Å². The SMILES string of the molecule is Cn1ccnc1N1CCNCC1C(N)=O. The number of imidazole rings is 1. The predicted molar refractivity (Wildman–Crippen MR) is 56.4 cm³/mol. The van der Waals surface area contributed by atoms with Crippen molar-refractivity contribution in [1.82, 2.24) is 14.9 Å². The van der Waals surface area contributed by atoms with Crippen LogP contribution in [0.1, 0.15) is 0 Å². The number of anilines is 1. The summed E-state index contributed by atoms with van der Waals surface area (Å²) < 4.78 is 1.89. The summed E-state index contributed by atoms with van der Waals surface area (Å²) in [5.74, 6) is 0.477. The highest BCUT2D eigenvalue weighted by Crippen LogP contribution is 2.14. The highest BCUT2D eigenvalue weighted by Gasteiger charge is 2.28. The number of aromatic nitrogens is 2. The van der Waals surface area contributed by atoms with E-state index in [1.165, 1.54) is 0 Å². The first kappa shape index (κ1) is 9.97. The second kappa shape index (κ2) is 3.90. The van der Waals surface area contributed by atoms with Gasteiger partial charge in [0, 0.05) is 39.1 Å². The minimum Gasteiger partial charge on any atom is -0.368 e. The van der Waals surface area contributed by atoms with E-state index in [0.29, 0.717) is 6.54 Å². The van der Waals surface area contributed by atoms with Gasteiger partial charge in [0.2, 0.25) is 11.9 Å². The van der Waals surface area contributed by atoms with Gasteiger partial charge in [-0.25, -0.2) is 4.98 Å². The van der Waals surface area contributed by atoms with E-state index in [4.69, 9.17) is 5.73 Å². The number of aryl methyl sites for hydroxylation is 1. The van der Waals surface area contributed by atoms with Gasteiger partial charge in [-0.15, -0.1) is 0 Å². The van der Waals surface area contributed by atoms with Crippen LogP contribution in [0.3, 0.4) is 0 Å². The lowest BCUT2D eigenvalue weighted by Crippen LogP contribution is -2.57. The molecule has 1 saturated heterocycles. The first-order chi connectivity index (χ1) is 7.20. The summed E-state index contributed by atoms with van der Waals surface area (Å²) in [6, 6.07) is -0.306. The van der Waals surface area contributed by atoms with Gasteiger partial charge in [0.05, 0.1) is 0 Å². The third-order valence-electron chi connectivity index (χ3n) is 2.62. The van der Waals surface area contributed by atoms with Crippen molar-refractivity contribution in [2.75, 3.05) is 24.5 Å². The minimum absolute atomic E-state index is 0.306. The van der Waals surface area contributed by atoms with E-state index < -0.39 is 0 Å². The number of hydrogen-bond donors (Lipinski definition) is 2. The largest absolute Gasteiger partial charge is 0.368 e. The second-order valence-electron chi connectivity index (χ2n) is 3.65. The Hall–Kier alpha value is -1.56. The van der Waals surface area contributed by atoms with Crippen LogP contribution in [-0.2, 0) is 11.8 Å². The van der Waals surface area contributed by atoms with Crippen LogP contribution in [0.15, 0.2) is 12.4 Å². The quantitative estimate of drug-likeness (QED) is 0.633. The Labute approximate surface area is 88.1 Å². The van der Waals surface area contributed by atoms with Gasteiger partial charge >= 0.3 is 0 Å². The van der Waals surface area contributed by atoms with Crippen molar-refractivity contribution in [3.05, 3.63) is 12.4 Å². The Morgan fingerprint density at radius 3 is 3.13 bits per heavy atom. The maximum absolute atomic E-state index is 11.3. The number of amides is 1. The van der Waals surface area contributed by atoms with Gasteiger partial charge in [-0.2, -0.15) is 0 Å². The molecule has 1 amide bonds. The molecule has 1 aromatic heterocycles. The summed E-state index contributed by atoms with van der Waals surface area (Å²) in [5, 5.41) is 3.15. The fourth-order valence-corrected chi connectivity index (χ4v) is 1.83. The molecular formula is C9H15N5O. The zero-order valence-electron chi connectivity index (χ0n) is 8.68. The van der Waals surface area contributed by atoms with Crippen molar-refractivity contribution in [3.8, 4) is 0 Å². The molecule has 2 rings (SSSR count). The third-order valence-corrected chi connectivity index (χ3v) is 2.62. The lowest BCUT2D eigenvalue weighted by molar-refractivity contribution is -0.119. The molecule has 0 radical (unpaired) electrons. The zero-order chi connectivity index (χ0) is 10.8. The molecule has 0 aliphatic carbocycles. The highest BCUT2D eigenvalue weighted by atomic mass is 16.1. The fourth-order valence-electron chi connectivity index (χ4n) is 1.83. The number of carbonyl (C=O) groups is 1. The number of nitrogens with zero attached hydrogens (tertiary/aromatic N) is 3.